The van der Waals surface area contributed by atoms with Gasteiger partial charge >= 0.3 is 0 Å². The van der Waals surface area contributed by atoms with Gasteiger partial charge in [-0.2, -0.15) is 5.10 Å². The van der Waals surface area contributed by atoms with Crippen LogP contribution in [0.15, 0.2) is 49.1 Å². The maximum absolute atomic E-state index is 12.0. The summed E-state index contributed by atoms with van der Waals surface area (Å²) in [5.41, 5.74) is 0.967. The van der Waals surface area contributed by atoms with Crippen molar-refractivity contribution in [3.05, 3.63) is 64.8 Å². The molecule has 0 saturated heterocycles. The molecule has 6 nitrogen and oxygen atoms in total. The first-order valence-electron chi connectivity index (χ1n) is 6.21. The summed E-state index contributed by atoms with van der Waals surface area (Å²) in [5, 5.41) is 7.62. The fraction of sp³-hybridized carbons (Fsp3) is 0. The molecule has 22 heavy (non-hydrogen) atoms. The van der Waals surface area contributed by atoms with E-state index < -0.39 is 0 Å². The fourth-order valence-electron chi connectivity index (χ4n) is 1.74. The summed E-state index contributed by atoms with van der Waals surface area (Å²) in [6.07, 6.45) is 6.10. The summed E-state index contributed by atoms with van der Waals surface area (Å²) in [5.74, 6) is 0.305. The van der Waals surface area contributed by atoms with Crippen LogP contribution in [0, 0.1) is 0 Å². The van der Waals surface area contributed by atoms with E-state index in [-0.39, 0.29) is 5.91 Å². The molecule has 1 amide bonds. The second-order valence-corrected chi connectivity index (χ2v) is 5.16. The molecule has 1 N–H and O–H groups in total. The van der Waals surface area contributed by atoms with Crippen LogP contribution in [0.1, 0.15) is 10.4 Å². The Balaban J connectivity index is 1.73. The molecule has 0 aliphatic carbocycles. The number of halogens is 2. The highest BCUT2D eigenvalue weighted by Gasteiger charge is 2.07. The smallest absolute Gasteiger partial charge is 0.257 e. The van der Waals surface area contributed by atoms with Gasteiger partial charge in [0.1, 0.15) is 5.15 Å². The van der Waals surface area contributed by atoms with E-state index in [0.29, 0.717) is 27.2 Å². The lowest BCUT2D eigenvalue weighted by Gasteiger charge is -2.06. The van der Waals surface area contributed by atoms with E-state index >= 15 is 0 Å². The van der Waals surface area contributed by atoms with Gasteiger partial charge in [0.25, 0.3) is 5.91 Å². The molecule has 0 spiro atoms. The lowest BCUT2D eigenvalue weighted by Crippen LogP contribution is -2.12. The quantitative estimate of drug-likeness (QED) is 0.747. The molecule has 8 heteroatoms. The summed E-state index contributed by atoms with van der Waals surface area (Å²) < 4.78 is 1.54. The fourth-order valence-corrected chi connectivity index (χ4v) is 1.98. The van der Waals surface area contributed by atoms with E-state index in [4.69, 9.17) is 23.2 Å². The summed E-state index contributed by atoms with van der Waals surface area (Å²) in [6.45, 7) is 0. The van der Waals surface area contributed by atoms with Crippen molar-refractivity contribution < 1.29 is 4.79 Å². The lowest BCUT2D eigenvalue weighted by molar-refractivity contribution is 0.102. The van der Waals surface area contributed by atoms with Gasteiger partial charge in [-0.05, 0) is 24.3 Å². The molecule has 3 aromatic rings. The van der Waals surface area contributed by atoms with Crippen LogP contribution in [-0.4, -0.2) is 25.7 Å². The zero-order valence-electron chi connectivity index (χ0n) is 11.1. The van der Waals surface area contributed by atoms with Gasteiger partial charge in [-0.15, -0.1) is 0 Å². The van der Waals surface area contributed by atoms with E-state index in [1.165, 1.54) is 23.3 Å². The molecule has 3 rings (SSSR count). The Bertz CT molecular complexity index is 799. The van der Waals surface area contributed by atoms with Crippen LogP contribution < -0.4 is 5.32 Å². The third kappa shape index (κ3) is 3.24. The molecule has 0 aliphatic heterocycles. The zero-order valence-corrected chi connectivity index (χ0v) is 12.6. The van der Waals surface area contributed by atoms with Gasteiger partial charge < -0.3 is 5.32 Å². The Labute approximate surface area is 135 Å². The summed E-state index contributed by atoms with van der Waals surface area (Å²) >= 11 is 11.5. The van der Waals surface area contributed by atoms with Crippen LogP contribution in [0.2, 0.25) is 10.2 Å². The number of carbonyl (C=O) groups excluding carboxylic acids is 1. The summed E-state index contributed by atoms with van der Waals surface area (Å²) in [7, 11) is 0. The van der Waals surface area contributed by atoms with Gasteiger partial charge in [-0.3, -0.25) is 4.79 Å². The molecule has 110 valence electrons. The van der Waals surface area contributed by atoms with Gasteiger partial charge in [0, 0.05) is 6.20 Å². The molecule has 3 aromatic heterocycles. The number of nitrogens with one attached hydrogen (secondary N) is 1. The van der Waals surface area contributed by atoms with E-state index in [1.54, 1.807) is 30.5 Å². The molecule has 0 bridgehead atoms. The van der Waals surface area contributed by atoms with Crippen LogP contribution in [0.3, 0.4) is 0 Å². The van der Waals surface area contributed by atoms with Gasteiger partial charge in [-0.1, -0.05) is 23.2 Å². The third-order valence-corrected chi connectivity index (χ3v) is 3.20. The Morgan fingerprint density at radius 1 is 1.05 bits per heavy atom. The molecular weight excluding hydrogens is 325 g/mol. The average Bonchev–Trinajstić information content (AvgIpc) is 2.95. The Kier molecular flexibility index (Phi) is 4.04. The van der Waals surface area contributed by atoms with Crippen molar-refractivity contribution in [1.29, 1.82) is 0 Å². The Morgan fingerprint density at radius 3 is 2.50 bits per heavy atom. The molecule has 0 aromatic carbocycles. The number of aromatic nitrogens is 4. The SMILES string of the molecule is O=C(Nc1ccc(-n2cc(Cl)cn2)nc1)c1ccc(Cl)nc1. The largest absolute Gasteiger partial charge is 0.321 e. The number of carbonyl (C=O) groups is 1. The second-order valence-electron chi connectivity index (χ2n) is 4.33. The Morgan fingerprint density at radius 2 is 1.91 bits per heavy atom. The molecule has 0 aliphatic rings. The molecule has 0 radical (unpaired) electrons. The van der Waals surface area contributed by atoms with Crippen molar-refractivity contribution in [2.75, 3.05) is 5.32 Å². The van der Waals surface area contributed by atoms with Crippen LogP contribution >= 0.6 is 23.2 Å². The summed E-state index contributed by atoms with van der Waals surface area (Å²) in [4.78, 5) is 20.1. The van der Waals surface area contributed by atoms with Crippen molar-refractivity contribution >= 4 is 34.8 Å². The predicted octanol–water partition coefficient (Wildman–Crippen LogP) is 3.22. The van der Waals surface area contributed by atoms with Gasteiger partial charge in [0.2, 0.25) is 0 Å². The number of pyridine rings is 2. The molecule has 3 heterocycles. The van der Waals surface area contributed by atoms with Crippen molar-refractivity contribution in [3.8, 4) is 5.82 Å². The standard InChI is InChI=1S/C14H9Cl2N5O/c15-10-6-19-21(8-10)13-4-2-11(7-18-13)20-14(22)9-1-3-12(16)17-5-9/h1-8H,(H,20,22). The molecule has 0 fully saturated rings. The van der Waals surface area contributed by atoms with Crippen LogP contribution in [0.25, 0.3) is 5.82 Å². The highest BCUT2D eigenvalue weighted by molar-refractivity contribution is 6.30. The van der Waals surface area contributed by atoms with Gasteiger partial charge in [0.05, 0.1) is 34.9 Å². The van der Waals surface area contributed by atoms with E-state index in [9.17, 15) is 4.79 Å². The minimum Gasteiger partial charge on any atom is -0.321 e. The number of nitrogens with zero attached hydrogens (tertiary/aromatic N) is 4. The summed E-state index contributed by atoms with van der Waals surface area (Å²) in [6, 6.07) is 6.59. The number of anilines is 1. The van der Waals surface area contributed by atoms with Crippen molar-refractivity contribution in [2.45, 2.75) is 0 Å². The first-order chi connectivity index (χ1) is 10.6. The highest BCUT2D eigenvalue weighted by atomic mass is 35.5. The van der Waals surface area contributed by atoms with Crippen LogP contribution in [0.4, 0.5) is 5.69 Å². The number of rotatable bonds is 3. The van der Waals surface area contributed by atoms with E-state index in [0.717, 1.165) is 0 Å². The number of hydrogen-bond acceptors (Lipinski definition) is 4. The van der Waals surface area contributed by atoms with Crippen molar-refractivity contribution in [3.63, 3.8) is 0 Å². The third-order valence-electron chi connectivity index (χ3n) is 2.78. The van der Waals surface area contributed by atoms with Crippen molar-refractivity contribution in [1.82, 2.24) is 19.7 Å². The van der Waals surface area contributed by atoms with Crippen LogP contribution in [-0.2, 0) is 0 Å². The monoisotopic (exact) mass is 333 g/mol. The lowest BCUT2D eigenvalue weighted by atomic mass is 10.2. The van der Waals surface area contributed by atoms with Gasteiger partial charge in [0.15, 0.2) is 5.82 Å². The minimum atomic E-state index is -0.291. The molecule has 0 saturated carbocycles. The second kappa shape index (κ2) is 6.13. The minimum absolute atomic E-state index is 0.291. The predicted molar refractivity (Wildman–Crippen MR) is 83.6 cm³/mol. The molecular formula is C14H9Cl2N5O. The van der Waals surface area contributed by atoms with E-state index in [1.807, 2.05) is 0 Å². The topological polar surface area (TPSA) is 72.7 Å². The van der Waals surface area contributed by atoms with E-state index in [2.05, 4.69) is 20.4 Å². The maximum atomic E-state index is 12.0. The molecule has 0 atom stereocenters. The van der Waals surface area contributed by atoms with Crippen LogP contribution in [0.5, 0.6) is 0 Å². The Hall–Kier alpha value is -2.44. The maximum Gasteiger partial charge on any atom is 0.257 e. The van der Waals surface area contributed by atoms with Crippen molar-refractivity contribution in [2.24, 2.45) is 0 Å². The first kappa shape index (κ1) is 14.5. The molecule has 0 unspecified atom stereocenters. The average molecular weight is 334 g/mol. The zero-order chi connectivity index (χ0) is 15.5. The number of amides is 1. The number of hydrogen-bond donors (Lipinski definition) is 1. The van der Waals surface area contributed by atoms with Gasteiger partial charge in [-0.25, -0.2) is 14.6 Å². The highest BCUT2D eigenvalue weighted by Crippen LogP contribution is 2.13. The normalized spacial score (nSPS) is 10.5. The first-order valence-corrected chi connectivity index (χ1v) is 6.97.